The van der Waals surface area contributed by atoms with Crippen molar-refractivity contribution < 1.29 is 14.7 Å². The Morgan fingerprint density at radius 1 is 1.39 bits per heavy atom. The Balaban J connectivity index is 2.94. The zero-order valence-corrected chi connectivity index (χ0v) is 10.9. The highest BCUT2D eigenvalue weighted by Crippen LogP contribution is 2.19. The average Bonchev–Trinajstić information content (AvgIpc) is 2.28. The van der Waals surface area contributed by atoms with Crippen molar-refractivity contribution in [1.82, 2.24) is 4.90 Å². The van der Waals surface area contributed by atoms with Crippen LogP contribution in [0, 0.1) is 6.92 Å². The van der Waals surface area contributed by atoms with Crippen LogP contribution in [-0.4, -0.2) is 35.6 Å². The van der Waals surface area contributed by atoms with E-state index in [1.165, 1.54) is 4.90 Å². The predicted octanol–water partition coefficient (Wildman–Crippen LogP) is 2.57. The second-order valence-electron chi connectivity index (χ2n) is 4.15. The number of benzene rings is 1. The van der Waals surface area contributed by atoms with Crippen molar-refractivity contribution in [2.45, 2.75) is 20.3 Å². The van der Waals surface area contributed by atoms with Gasteiger partial charge in [-0.1, -0.05) is 19.1 Å². The lowest BCUT2D eigenvalue weighted by molar-refractivity contribution is 0.0697. The smallest absolute Gasteiger partial charge is 0.338 e. The summed E-state index contributed by atoms with van der Waals surface area (Å²) < 4.78 is 0. The van der Waals surface area contributed by atoms with Crippen LogP contribution in [0.25, 0.3) is 0 Å². The normalized spacial score (nSPS) is 9.94. The molecule has 0 aromatic heterocycles. The third-order valence-electron chi connectivity index (χ3n) is 2.63. The number of nitrogens with zero attached hydrogens (tertiary/aromatic N) is 1. The zero-order valence-electron chi connectivity index (χ0n) is 10.9. The number of hydrogen-bond donors (Lipinski definition) is 2. The van der Waals surface area contributed by atoms with Crippen LogP contribution < -0.4 is 5.32 Å². The van der Waals surface area contributed by atoms with Crippen LogP contribution in [-0.2, 0) is 0 Å². The highest BCUT2D eigenvalue weighted by atomic mass is 16.4. The molecule has 1 rings (SSSR count). The first-order valence-electron chi connectivity index (χ1n) is 5.82. The van der Waals surface area contributed by atoms with Crippen molar-refractivity contribution in [2.24, 2.45) is 0 Å². The Bertz CT molecular complexity index is 458. The van der Waals surface area contributed by atoms with Crippen LogP contribution in [0.3, 0.4) is 0 Å². The number of carboxylic acids is 1. The molecule has 1 aromatic carbocycles. The molecule has 0 aliphatic carbocycles. The lowest BCUT2D eigenvalue weighted by Crippen LogP contribution is -2.32. The molecule has 0 bridgehead atoms. The number of aryl methyl sites for hydroxylation is 1. The molecule has 0 atom stereocenters. The molecule has 2 N–H and O–H groups in total. The summed E-state index contributed by atoms with van der Waals surface area (Å²) in [5, 5.41) is 11.8. The van der Waals surface area contributed by atoms with Gasteiger partial charge < -0.3 is 15.3 Å². The molecule has 18 heavy (non-hydrogen) atoms. The van der Waals surface area contributed by atoms with Crippen molar-refractivity contribution in [2.75, 3.05) is 18.9 Å². The number of aromatic carboxylic acids is 1. The highest BCUT2D eigenvalue weighted by molar-refractivity contribution is 6.01. The summed E-state index contributed by atoms with van der Waals surface area (Å²) in [5.74, 6) is -1.04. The van der Waals surface area contributed by atoms with E-state index < -0.39 is 5.97 Å². The van der Waals surface area contributed by atoms with Crippen LogP contribution >= 0.6 is 0 Å². The Morgan fingerprint density at radius 3 is 2.61 bits per heavy atom. The van der Waals surface area contributed by atoms with Gasteiger partial charge in [0.25, 0.3) is 0 Å². The van der Waals surface area contributed by atoms with E-state index in [0.717, 1.165) is 6.42 Å². The molecule has 0 heterocycles. The van der Waals surface area contributed by atoms with E-state index in [1.54, 1.807) is 32.2 Å². The SMILES string of the molecule is CCCN(C)C(=O)Nc1cccc(C)c1C(=O)O. The molecule has 5 nitrogen and oxygen atoms in total. The Kier molecular flexibility index (Phi) is 4.71. The van der Waals surface area contributed by atoms with E-state index in [-0.39, 0.29) is 11.6 Å². The van der Waals surface area contributed by atoms with Gasteiger partial charge in [-0.3, -0.25) is 0 Å². The average molecular weight is 250 g/mol. The maximum absolute atomic E-state index is 11.8. The molecule has 1 aromatic rings. The van der Waals surface area contributed by atoms with E-state index in [2.05, 4.69) is 5.32 Å². The molecular formula is C13H18N2O3. The number of anilines is 1. The van der Waals surface area contributed by atoms with Crippen LogP contribution in [0.5, 0.6) is 0 Å². The summed E-state index contributed by atoms with van der Waals surface area (Å²) in [6.45, 7) is 4.30. The Labute approximate surface area is 106 Å². The minimum atomic E-state index is -1.04. The summed E-state index contributed by atoms with van der Waals surface area (Å²) in [6, 6.07) is 4.71. The fraction of sp³-hybridized carbons (Fsp3) is 0.385. The second-order valence-corrected chi connectivity index (χ2v) is 4.15. The summed E-state index contributed by atoms with van der Waals surface area (Å²) in [5.41, 5.74) is 1.09. The van der Waals surface area contributed by atoms with Gasteiger partial charge in [-0.25, -0.2) is 9.59 Å². The van der Waals surface area contributed by atoms with Crippen LogP contribution in [0.2, 0.25) is 0 Å². The van der Waals surface area contributed by atoms with E-state index in [4.69, 9.17) is 5.11 Å². The molecule has 0 radical (unpaired) electrons. The first kappa shape index (κ1) is 14.0. The highest BCUT2D eigenvalue weighted by Gasteiger charge is 2.16. The number of rotatable bonds is 4. The van der Waals surface area contributed by atoms with Gasteiger partial charge in [0, 0.05) is 13.6 Å². The molecule has 2 amide bonds. The summed E-state index contributed by atoms with van der Waals surface area (Å²) in [6.07, 6.45) is 0.851. The van der Waals surface area contributed by atoms with Crippen LogP contribution in [0.15, 0.2) is 18.2 Å². The van der Waals surface area contributed by atoms with Gasteiger partial charge in [0.1, 0.15) is 0 Å². The number of carbonyl (C=O) groups excluding carboxylic acids is 1. The van der Waals surface area contributed by atoms with Crippen molar-refractivity contribution in [3.8, 4) is 0 Å². The monoisotopic (exact) mass is 250 g/mol. The molecule has 0 fully saturated rings. The lowest BCUT2D eigenvalue weighted by Gasteiger charge is -2.18. The summed E-state index contributed by atoms with van der Waals surface area (Å²) >= 11 is 0. The van der Waals surface area contributed by atoms with Crippen molar-refractivity contribution in [3.63, 3.8) is 0 Å². The summed E-state index contributed by atoms with van der Waals surface area (Å²) in [4.78, 5) is 24.5. The topological polar surface area (TPSA) is 69.6 Å². The molecule has 0 unspecified atom stereocenters. The van der Waals surface area contributed by atoms with Gasteiger partial charge in [0.15, 0.2) is 0 Å². The fourth-order valence-electron chi connectivity index (χ4n) is 1.70. The van der Waals surface area contributed by atoms with Crippen LogP contribution in [0.1, 0.15) is 29.3 Å². The fourth-order valence-corrected chi connectivity index (χ4v) is 1.70. The van der Waals surface area contributed by atoms with Crippen molar-refractivity contribution >= 4 is 17.7 Å². The number of hydrogen-bond acceptors (Lipinski definition) is 2. The third-order valence-corrected chi connectivity index (χ3v) is 2.63. The van der Waals surface area contributed by atoms with Gasteiger partial charge >= 0.3 is 12.0 Å². The Morgan fingerprint density at radius 2 is 2.06 bits per heavy atom. The standard InChI is InChI=1S/C13H18N2O3/c1-4-8-15(3)13(18)14-10-7-5-6-9(2)11(10)12(16)17/h5-7H,4,8H2,1-3H3,(H,14,18)(H,16,17). The molecular weight excluding hydrogens is 232 g/mol. The number of amides is 2. The van der Waals surface area contributed by atoms with E-state index in [1.807, 2.05) is 6.92 Å². The largest absolute Gasteiger partial charge is 0.478 e. The number of nitrogens with one attached hydrogen (secondary N) is 1. The lowest BCUT2D eigenvalue weighted by atomic mass is 10.1. The number of urea groups is 1. The molecule has 0 saturated carbocycles. The molecule has 0 aliphatic rings. The molecule has 0 saturated heterocycles. The molecule has 98 valence electrons. The Hall–Kier alpha value is -2.04. The minimum Gasteiger partial charge on any atom is -0.478 e. The van der Waals surface area contributed by atoms with E-state index in [9.17, 15) is 9.59 Å². The maximum atomic E-state index is 11.8. The number of carbonyl (C=O) groups is 2. The van der Waals surface area contributed by atoms with Gasteiger partial charge in [-0.15, -0.1) is 0 Å². The maximum Gasteiger partial charge on any atom is 0.338 e. The quantitative estimate of drug-likeness (QED) is 0.862. The number of carboxylic acid groups (broad SMARTS) is 1. The third kappa shape index (κ3) is 3.23. The van der Waals surface area contributed by atoms with Crippen molar-refractivity contribution in [3.05, 3.63) is 29.3 Å². The van der Waals surface area contributed by atoms with E-state index in [0.29, 0.717) is 17.8 Å². The van der Waals surface area contributed by atoms with Gasteiger partial charge in [-0.2, -0.15) is 0 Å². The van der Waals surface area contributed by atoms with E-state index >= 15 is 0 Å². The van der Waals surface area contributed by atoms with Gasteiger partial charge in [0.2, 0.25) is 0 Å². The predicted molar refractivity (Wildman–Crippen MR) is 70.1 cm³/mol. The molecule has 5 heteroatoms. The first-order chi connectivity index (χ1) is 8.47. The van der Waals surface area contributed by atoms with Gasteiger partial charge in [0.05, 0.1) is 11.3 Å². The van der Waals surface area contributed by atoms with Gasteiger partial charge in [-0.05, 0) is 25.0 Å². The molecule has 0 aliphatic heterocycles. The van der Waals surface area contributed by atoms with Crippen LogP contribution in [0.4, 0.5) is 10.5 Å². The van der Waals surface area contributed by atoms with Crippen molar-refractivity contribution in [1.29, 1.82) is 0 Å². The first-order valence-corrected chi connectivity index (χ1v) is 5.82. The minimum absolute atomic E-state index is 0.135. The zero-order chi connectivity index (χ0) is 13.7. The molecule has 0 spiro atoms. The summed E-state index contributed by atoms with van der Waals surface area (Å²) in [7, 11) is 1.68. The second kappa shape index (κ2) is 6.05.